The summed E-state index contributed by atoms with van der Waals surface area (Å²) in [5, 5.41) is 5.36. The molecular weight excluding hydrogens is 396 g/mol. The molecule has 0 saturated carbocycles. The molecule has 0 unspecified atom stereocenters. The lowest BCUT2D eigenvalue weighted by molar-refractivity contribution is -0.117. The van der Waals surface area contributed by atoms with Crippen LogP contribution in [-0.2, 0) is 11.3 Å². The lowest BCUT2D eigenvalue weighted by Gasteiger charge is -2.16. The van der Waals surface area contributed by atoms with Crippen molar-refractivity contribution in [1.82, 2.24) is 20.6 Å². The van der Waals surface area contributed by atoms with Gasteiger partial charge in [0.05, 0.1) is 17.8 Å². The van der Waals surface area contributed by atoms with Crippen molar-refractivity contribution in [1.29, 1.82) is 0 Å². The van der Waals surface area contributed by atoms with Gasteiger partial charge in [-0.1, -0.05) is 23.7 Å². The Labute approximate surface area is 172 Å². The molecule has 1 aromatic carbocycles. The molecule has 0 aliphatic carbocycles. The molecule has 0 radical (unpaired) electrons. The summed E-state index contributed by atoms with van der Waals surface area (Å²) < 4.78 is 0. The number of nitrogens with zero attached hydrogens (tertiary/aromatic N) is 3. The molecule has 29 heavy (non-hydrogen) atoms. The molecule has 4 N–H and O–H groups in total. The Hall–Kier alpha value is -3.20. The van der Waals surface area contributed by atoms with Gasteiger partial charge in [-0.25, -0.2) is 9.97 Å². The van der Waals surface area contributed by atoms with E-state index in [1.807, 2.05) is 4.90 Å². The topological polar surface area (TPSA) is 130 Å². The first kappa shape index (κ1) is 20.5. The summed E-state index contributed by atoms with van der Waals surface area (Å²) in [6.07, 6.45) is 3.59. The number of primary amides is 1. The summed E-state index contributed by atoms with van der Waals surface area (Å²) in [5.41, 5.74) is 6.30. The predicted octanol–water partition coefficient (Wildman–Crippen LogP) is 0.875. The fourth-order valence-electron chi connectivity index (χ4n) is 2.90. The van der Waals surface area contributed by atoms with E-state index in [0.717, 1.165) is 31.5 Å². The smallest absolute Gasteiger partial charge is 0.271 e. The van der Waals surface area contributed by atoms with Crippen molar-refractivity contribution in [2.24, 2.45) is 5.73 Å². The molecule has 1 fully saturated rings. The summed E-state index contributed by atoms with van der Waals surface area (Å²) in [6.45, 7) is 1.74. The number of nitrogens with one attached hydrogen (secondary N) is 2. The van der Waals surface area contributed by atoms with Gasteiger partial charge in [-0.2, -0.15) is 0 Å². The number of nitrogens with two attached hydrogens (primary N) is 1. The van der Waals surface area contributed by atoms with Crippen LogP contribution in [-0.4, -0.2) is 47.3 Å². The molecule has 152 valence electrons. The number of amides is 3. The maximum absolute atomic E-state index is 12.5. The molecule has 2 aromatic rings. The van der Waals surface area contributed by atoms with Crippen LogP contribution in [0.15, 0.2) is 30.5 Å². The van der Waals surface area contributed by atoms with E-state index in [0.29, 0.717) is 11.5 Å². The van der Waals surface area contributed by atoms with Crippen molar-refractivity contribution in [3.8, 4) is 0 Å². The fraction of sp³-hybridized carbons (Fsp3) is 0.316. The Morgan fingerprint density at radius 1 is 1.07 bits per heavy atom. The molecule has 1 saturated heterocycles. The normalized spacial score (nSPS) is 13.2. The first-order valence-electron chi connectivity index (χ1n) is 9.15. The monoisotopic (exact) mass is 416 g/mol. The van der Waals surface area contributed by atoms with Gasteiger partial charge in [0, 0.05) is 25.2 Å². The van der Waals surface area contributed by atoms with E-state index in [9.17, 15) is 14.4 Å². The van der Waals surface area contributed by atoms with Gasteiger partial charge in [-0.05, 0) is 30.5 Å². The second-order valence-electron chi connectivity index (χ2n) is 6.59. The SMILES string of the molecule is NC(=O)CNC(=O)c1ccc(CNC(=O)c2nc(N3CCCC3)ncc2Cl)cc1. The van der Waals surface area contributed by atoms with Crippen molar-refractivity contribution >= 4 is 35.3 Å². The minimum atomic E-state index is -0.617. The first-order valence-corrected chi connectivity index (χ1v) is 9.53. The third kappa shape index (κ3) is 5.41. The number of rotatable bonds is 7. The molecule has 1 aliphatic heterocycles. The van der Waals surface area contributed by atoms with Gasteiger partial charge in [0.25, 0.3) is 11.8 Å². The molecular formula is C19H21ClN6O3. The number of carbonyl (C=O) groups is 3. The Balaban J connectivity index is 1.59. The van der Waals surface area contributed by atoms with Gasteiger partial charge in [-0.3, -0.25) is 14.4 Å². The van der Waals surface area contributed by atoms with Gasteiger partial charge in [0.2, 0.25) is 11.9 Å². The molecule has 10 heteroatoms. The molecule has 3 amide bonds. The lowest BCUT2D eigenvalue weighted by Crippen LogP contribution is -2.33. The van der Waals surface area contributed by atoms with Crippen LogP contribution in [0.3, 0.4) is 0 Å². The summed E-state index contributed by atoms with van der Waals surface area (Å²) in [7, 11) is 0. The van der Waals surface area contributed by atoms with Crippen molar-refractivity contribution < 1.29 is 14.4 Å². The zero-order valence-electron chi connectivity index (χ0n) is 15.7. The summed E-state index contributed by atoms with van der Waals surface area (Å²) in [4.78, 5) is 45.7. The number of benzene rings is 1. The predicted molar refractivity (Wildman–Crippen MR) is 108 cm³/mol. The van der Waals surface area contributed by atoms with Gasteiger partial charge in [-0.15, -0.1) is 0 Å². The fourth-order valence-corrected chi connectivity index (χ4v) is 3.07. The van der Waals surface area contributed by atoms with Gasteiger partial charge < -0.3 is 21.3 Å². The third-order valence-corrected chi connectivity index (χ3v) is 4.70. The van der Waals surface area contributed by atoms with Crippen LogP contribution in [0.2, 0.25) is 5.02 Å². The Morgan fingerprint density at radius 2 is 1.76 bits per heavy atom. The Kier molecular flexibility index (Phi) is 6.61. The van der Waals surface area contributed by atoms with Crippen molar-refractivity contribution in [2.75, 3.05) is 24.5 Å². The molecule has 3 rings (SSSR count). The second-order valence-corrected chi connectivity index (χ2v) is 7.00. The van der Waals surface area contributed by atoms with E-state index in [1.54, 1.807) is 24.3 Å². The van der Waals surface area contributed by atoms with Crippen LogP contribution in [0.5, 0.6) is 0 Å². The number of anilines is 1. The van der Waals surface area contributed by atoms with Crippen molar-refractivity contribution in [3.05, 3.63) is 52.3 Å². The zero-order valence-corrected chi connectivity index (χ0v) is 16.4. The summed E-state index contributed by atoms with van der Waals surface area (Å²) in [5.74, 6) is -0.917. The van der Waals surface area contributed by atoms with Crippen LogP contribution in [0.1, 0.15) is 39.3 Å². The highest BCUT2D eigenvalue weighted by atomic mass is 35.5. The molecule has 2 heterocycles. The number of aromatic nitrogens is 2. The number of halogens is 1. The van der Waals surface area contributed by atoms with Crippen LogP contribution in [0.4, 0.5) is 5.95 Å². The highest BCUT2D eigenvalue weighted by molar-refractivity contribution is 6.33. The van der Waals surface area contributed by atoms with Crippen LogP contribution >= 0.6 is 11.6 Å². The molecule has 9 nitrogen and oxygen atoms in total. The Bertz CT molecular complexity index is 913. The highest BCUT2D eigenvalue weighted by Crippen LogP contribution is 2.20. The molecule has 0 atom stereocenters. The standard InChI is InChI=1S/C19H21ClN6O3/c20-14-10-24-19(26-7-1-2-8-26)25-16(14)18(29)22-9-12-3-5-13(6-4-12)17(28)23-11-15(21)27/h3-6,10H,1-2,7-9,11H2,(H2,21,27)(H,22,29)(H,23,28). The maximum atomic E-state index is 12.5. The van der Waals surface area contributed by atoms with Gasteiger partial charge >= 0.3 is 0 Å². The molecule has 1 aliphatic rings. The highest BCUT2D eigenvalue weighted by Gasteiger charge is 2.19. The van der Waals surface area contributed by atoms with E-state index in [1.165, 1.54) is 6.20 Å². The van der Waals surface area contributed by atoms with Crippen LogP contribution < -0.4 is 21.3 Å². The van der Waals surface area contributed by atoms with E-state index in [4.69, 9.17) is 17.3 Å². The van der Waals surface area contributed by atoms with Crippen LogP contribution in [0.25, 0.3) is 0 Å². The largest absolute Gasteiger partial charge is 0.368 e. The average molecular weight is 417 g/mol. The third-order valence-electron chi connectivity index (χ3n) is 4.43. The van der Waals surface area contributed by atoms with Crippen molar-refractivity contribution in [3.63, 3.8) is 0 Å². The first-order chi connectivity index (χ1) is 13.9. The zero-order chi connectivity index (χ0) is 20.8. The van der Waals surface area contributed by atoms with E-state index in [-0.39, 0.29) is 23.8 Å². The second kappa shape index (κ2) is 9.33. The molecule has 0 bridgehead atoms. The lowest BCUT2D eigenvalue weighted by atomic mass is 10.1. The van der Waals surface area contributed by atoms with Gasteiger partial charge in [0.15, 0.2) is 5.69 Å². The molecule has 1 aromatic heterocycles. The molecule has 0 spiro atoms. The summed E-state index contributed by atoms with van der Waals surface area (Å²) >= 11 is 6.11. The van der Waals surface area contributed by atoms with E-state index in [2.05, 4.69) is 20.6 Å². The number of hydrogen-bond acceptors (Lipinski definition) is 6. The average Bonchev–Trinajstić information content (AvgIpc) is 3.26. The number of carbonyl (C=O) groups excluding carboxylic acids is 3. The maximum Gasteiger partial charge on any atom is 0.271 e. The van der Waals surface area contributed by atoms with Crippen molar-refractivity contribution in [2.45, 2.75) is 19.4 Å². The quantitative estimate of drug-likeness (QED) is 0.614. The van der Waals surface area contributed by atoms with E-state index < -0.39 is 17.7 Å². The Morgan fingerprint density at radius 3 is 2.41 bits per heavy atom. The summed E-state index contributed by atoms with van der Waals surface area (Å²) in [6, 6.07) is 6.61. The number of hydrogen-bond donors (Lipinski definition) is 3. The van der Waals surface area contributed by atoms with Crippen LogP contribution in [0, 0.1) is 0 Å². The minimum Gasteiger partial charge on any atom is -0.368 e. The van der Waals surface area contributed by atoms with E-state index >= 15 is 0 Å². The van der Waals surface area contributed by atoms with Gasteiger partial charge in [0.1, 0.15) is 0 Å². The minimum absolute atomic E-state index is 0.131.